The summed E-state index contributed by atoms with van der Waals surface area (Å²) in [4.78, 5) is 48.7. The third kappa shape index (κ3) is 6.49. The second-order valence-corrected chi connectivity index (χ2v) is 9.83. The largest absolute Gasteiger partial charge is 0.480 e. The van der Waals surface area contributed by atoms with Gasteiger partial charge in [0, 0.05) is 30.4 Å². The van der Waals surface area contributed by atoms with E-state index in [4.69, 9.17) is 19.2 Å². The molecule has 208 valence electrons. The van der Waals surface area contributed by atoms with Crippen molar-refractivity contribution in [3.8, 4) is 0 Å². The topological polar surface area (TPSA) is 140 Å². The van der Waals surface area contributed by atoms with E-state index >= 15 is 0 Å². The molecule has 0 spiro atoms. The molecule has 1 aromatic carbocycles. The van der Waals surface area contributed by atoms with Crippen LogP contribution in [0.4, 0.5) is 4.39 Å². The van der Waals surface area contributed by atoms with Crippen molar-refractivity contribution in [3.63, 3.8) is 0 Å². The Morgan fingerprint density at radius 3 is 2.82 bits per heavy atom. The minimum Gasteiger partial charge on any atom is -0.480 e. The molecule has 11 nitrogen and oxygen atoms in total. The van der Waals surface area contributed by atoms with Crippen LogP contribution in [0.1, 0.15) is 36.0 Å². The summed E-state index contributed by atoms with van der Waals surface area (Å²) < 4.78 is 29.9. The number of esters is 2. The van der Waals surface area contributed by atoms with E-state index in [9.17, 15) is 23.9 Å². The number of carboxylic acids is 1. The van der Waals surface area contributed by atoms with E-state index in [1.165, 1.54) is 36.5 Å². The molecule has 0 saturated carbocycles. The number of nitrogens with zero attached hydrogens (tertiary/aromatic N) is 3. The van der Waals surface area contributed by atoms with Gasteiger partial charge in [-0.2, -0.15) is 0 Å². The SMILES string of the molecule is CCOC(=O)[C@@H](C)OC(=O)C1=C(CN2CCOC[C@H]2C(=O)O)NC(c2nccs2)=N[C@H]1c1ccc(F)cc1C. The van der Waals surface area contributed by atoms with Gasteiger partial charge >= 0.3 is 17.9 Å². The monoisotopic (exact) mass is 560 g/mol. The highest BCUT2D eigenvalue weighted by Crippen LogP contribution is 2.35. The Balaban J connectivity index is 1.82. The van der Waals surface area contributed by atoms with Crippen LogP contribution in [0, 0.1) is 12.7 Å². The molecule has 0 amide bonds. The standard InChI is InChI=1S/C26H29FN4O7S/c1-4-37-25(34)15(3)38-26(35)20-18(12-31-8-9-36-13-19(31)24(32)33)29-22(23-28-7-10-39-23)30-21(20)17-6-5-16(27)11-14(17)2/h5-7,10-11,15,19,21H,4,8-9,12-13H2,1-3H3,(H,29,30)(H,32,33)/t15-,19+,21+/m1/s1. The summed E-state index contributed by atoms with van der Waals surface area (Å²) in [5.41, 5.74) is 1.48. The van der Waals surface area contributed by atoms with E-state index in [2.05, 4.69) is 10.3 Å². The molecule has 2 N–H and O–H groups in total. The number of nitrogens with one attached hydrogen (secondary N) is 1. The number of aromatic nitrogens is 1. The molecular weight excluding hydrogens is 531 g/mol. The van der Waals surface area contributed by atoms with Crippen LogP contribution in [-0.4, -0.2) is 83.8 Å². The summed E-state index contributed by atoms with van der Waals surface area (Å²) in [6.45, 7) is 5.46. The molecule has 0 radical (unpaired) electrons. The molecule has 0 unspecified atom stereocenters. The van der Waals surface area contributed by atoms with Crippen LogP contribution in [0.15, 0.2) is 46.0 Å². The van der Waals surface area contributed by atoms with E-state index in [1.54, 1.807) is 30.3 Å². The quantitative estimate of drug-likeness (QED) is 0.439. The summed E-state index contributed by atoms with van der Waals surface area (Å²) in [5.74, 6) is -2.70. The number of aliphatic imine (C=N–C) groups is 1. The minimum absolute atomic E-state index is 0.0136. The molecule has 1 aromatic heterocycles. The van der Waals surface area contributed by atoms with Gasteiger partial charge in [0.25, 0.3) is 0 Å². The Bertz CT molecular complexity index is 1300. The number of halogens is 1. The summed E-state index contributed by atoms with van der Waals surface area (Å²) in [6.07, 6.45) is 0.402. The highest BCUT2D eigenvalue weighted by molar-refractivity contribution is 7.11. The molecule has 0 aliphatic carbocycles. The molecule has 1 fully saturated rings. The first-order valence-corrected chi connectivity index (χ1v) is 13.2. The third-order valence-electron chi connectivity index (χ3n) is 6.30. The highest BCUT2D eigenvalue weighted by Gasteiger charge is 2.38. The lowest BCUT2D eigenvalue weighted by Crippen LogP contribution is -2.52. The van der Waals surface area contributed by atoms with Crippen molar-refractivity contribution in [1.29, 1.82) is 0 Å². The number of ether oxygens (including phenoxy) is 3. The van der Waals surface area contributed by atoms with E-state index < -0.39 is 41.9 Å². The van der Waals surface area contributed by atoms with Gasteiger partial charge in [-0.05, 0) is 44.0 Å². The molecule has 3 heterocycles. The van der Waals surface area contributed by atoms with Crippen molar-refractivity contribution in [2.45, 2.75) is 39.0 Å². The number of rotatable bonds is 9. The molecule has 39 heavy (non-hydrogen) atoms. The molecule has 4 rings (SSSR count). The number of thiazole rings is 1. The van der Waals surface area contributed by atoms with Crippen LogP contribution < -0.4 is 5.32 Å². The molecule has 1 saturated heterocycles. The van der Waals surface area contributed by atoms with Crippen molar-refractivity contribution >= 4 is 35.1 Å². The fourth-order valence-corrected chi connectivity index (χ4v) is 4.96. The number of morpholine rings is 1. The van der Waals surface area contributed by atoms with Crippen LogP contribution in [0.5, 0.6) is 0 Å². The first kappa shape index (κ1) is 28.3. The number of aliphatic carboxylic acids is 1. The van der Waals surface area contributed by atoms with Crippen LogP contribution >= 0.6 is 11.3 Å². The molecular formula is C26H29FN4O7S. The molecule has 0 bridgehead atoms. The molecule has 2 aliphatic heterocycles. The third-order valence-corrected chi connectivity index (χ3v) is 7.08. The molecule has 3 atom stereocenters. The Morgan fingerprint density at radius 1 is 1.36 bits per heavy atom. The van der Waals surface area contributed by atoms with Crippen molar-refractivity contribution in [1.82, 2.24) is 15.2 Å². The number of aryl methyl sites for hydroxylation is 1. The highest BCUT2D eigenvalue weighted by atomic mass is 32.1. The van der Waals surface area contributed by atoms with Gasteiger partial charge in [-0.1, -0.05) is 6.07 Å². The summed E-state index contributed by atoms with van der Waals surface area (Å²) in [7, 11) is 0. The molecule has 13 heteroatoms. The normalized spacial score (nSPS) is 20.6. The summed E-state index contributed by atoms with van der Waals surface area (Å²) in [6, 6.07) is 2.25. The maximum atomic E-state index is 14.0. The van der Waals surface area contributed by atoms with E-state index in [-0.39, 0.29) is 25.3 Å². The average molecular weight is 561 g/mol. The lowest BCUT2D eigenvalue weighted by molar-refractivity contribution is -0.164. The van der Waals surface area contributed by atoms with Crippen molar-refractivity contribution in [2.24, 2.45) is 4.99 Å². The van der Waals surface area contributed by atoms with Gasteiger partial charge < -0.3 is 24.6 Å². The smallest absolute Gasteiger partial charge is 0.347 e. The first-order valence-electron chi connectivity index (χ1n) is 12.4. The first-order chi connectivity index (χ1) is 18.7. The predicted octanol–water partition coefficient (Wildman–Crippen LogP) is 2.22. The van der Waals surface area contributed by atoms with Gasteiger partial charge in [-0.25, -0.2) is 19.0 Å². The molecule has 2 aromatic rings. The van der Waals surface area contributed by atoms with E-state index in [0.717, 1.165) is 0 Å². The zero-order valence-corrected chi connectivity index (χ0v) is 22.5. The Hall–Kier alpha value is -3.68. The molecule has 2 aliphatic rings. The zero-order chi connectivity index (χ0) is 28.1. The average Bonchev–Trinajstić information content (AvgIpc) is 3.44. The van der Waals surface area contributed by atoms with Gasteiger partial charge in [-0.15, -0.1) is 11.3 Å². The number of hydrogen-bond donors (Lipinski definition) is 2. The van der Waals surface area contributed by atoms with Gasteiger partial charge in [-0.3, -0.25) is 14.7 Å². The lowest BCUT2D eigenvalue weighted by atomic mass is 9.92. The minimum atomic E-state index is -1.21. The van der Waals surface area contributed by atoms with Gasteiger partial charge in [0.1, 0.15) is 17.9 Å². The number of hydrogen-bond acceptors (Lipinski definition) is 11. The van der Waals surface area contributed by atoms with Gasteiger partial charge in [0.05, 0.1) is 25.4 Å². The van der Waals surface area contributed by atoms with Crippen LogP contribution in [0.2, 0.25) is 0 Å². The van der Waals surface area contributed by atoms with Gasteiger partial charge in [0.15, 0.2) is 16.9 Å². The van der Waals surface area contributed by atoms with Crippen molar-refractivity contribution in [3.05, 3.63) is 63.0 Å². The Labute approximate surface area is 228 Å². The number of amidine groups is 1. The second kappa shape index (κ2) is 12.5. The van der Waals surface area contributed by atoms with E-state index in [1.807, 2.05) is 0 Å². The van der Waals surface area contributed by atoms with Crippen LogP contribution in [0.25, 0.3) is 0 Å². The zero-order valence-electron chi connectivity index (χ0n) is 21.7. The number of carboxylic acid groups (broad SMARTS) is 1. The lowest BCUT2D eigenvalue weighted by Gasteiger charge is -2.36. The van der Waals surface area contributed by atoms with Crippen molar-refractivity contribution in [2.75, 3.05) is 32.9 Å². The van der Waals surface area contributed by atoms with Gasteiger partial charge in [0.2, 0.25) is 0 Å². The summed E-state index contributed by atoms with van der Waals surface area (Å²) >= 11 is 1.32. The number of carbonyl (C=O) groups excluding carboxylic acids is 2. The second-order valence-electron chi connectivity index (χ2n) is 8.93. The predicted molar refractivity (Wildman–Crippen MR) is 139 cm³/mol. The maximum absolute atomic E-state index is 14.0. The Kier molecular flexibility index (Phi) is 9.04. The van der Waals surface area contributed by atoms with Crippen LogP contribution in [0.3, 0.4) is 0 Å². The fourth-order valence-electron chi connectivity index (χ4n) is 4.37. The van der Waals surface area contributed by atoms with Crippen LogP contribution in [-0.2, 0) is 28.6 Å². The van der Waals surface area contributed by atoms with Crippen molar-refractivity contribution < 1.29 is 38.1 Å². The maximum Gasteiger partial charge on any atom is 0.347 e. The number of carbonyl (C=O) groups is 3. The van der Waals surface area contributed by atoms with E-state index in [0.29, 0.717) is 40.8 Å². The number of benzene rings is 1. The fraction of sp³-hybridized carbons (Fsp3) is 0.423. The summed E-state index contributed by atoms with van der Waals surface area (Å²) in [5, 5.41) is 15.2. The Morgan fingerprint density at radius 2 is 2.15 bits per heavy atom.